The molecule has 1 amide bonds. The number of hydrogen-bond acceptors (Lipinski definition) is 3. The van der Waals surface area contributed by atoms with Crippen LogP contribution in [0.1, 0.15) is 66.5 Å². The van der Waals surface area contributed by atoms with E-state index in [4.69, 9.17) is 11.6 Å². The number of aromatic nitrogens is 2. The number of benzene rings is 1. The first-order chi connectivity index (χ1) is 14.3. The molecule has 2 N–H and O–H groups in total. The minimum absolute atomic E-state index is 0.102. The van der Waals surface area contributed by atoms with Crippen molar-refractivity contribution < 1.29 is 18.0 Å². The Bertz CT molecular complexity index is 891. The van der Waals surface area contributed by atoms with Gasteiger partial charge in [0, 0.05) is 18.0 Å². The van der Waals surface area contributed by atoms with E-state index in [1.807, 2.05) is 0 Å². The van der Waals surface area contributed by atoms with Gasteiger partial charge in [-0.05, 0) is 36.5 Å². The van der Waals surface area contributed by atoms with Gasteiger partial charge >= 0.3 is 6.18 Å². The van der Waals surface area contributed by atoms with Crippen molar-refractivity contribution in [1.29, 1.82) is 0 Å². The Hall–Kier alpha value is -2.22. The highest BCUT2D eigenvalue weighted by Gasteiger charge is 2.47. The lowest BCUT2D eigenvalue weighted by atomic mass is 9.89. The quantitative estimate of drug-likeness (QED) is 0.659. The largest absolute Gasteiger partial charge is 0.410 e. The lowest BCUT2D eigenvalue weighted by Gasteiger charge is -2.34. The van der Waals surface area contributed by atoms with E-state index in [2.05, 4.69) is 15.7 Å². The predicted octanol–water partition coefficient (Wildman–Crippen LogP) is 5.51. The molecule has 1 aliphatic carbocycles. The standard InChI is InChI=1S/C21H24ClF3N4O/c22-15-8-6-14(7-9-15)17-10-18(21(23,24)25)29-19(28-17)16(12-27-29)20(30)26-11-13-4-2-1-3-5-13/h6-9,12-13,17-18,28H,1-5,10-11H2,(H,26,30). The zero-order chi connectivity index (χ0) is 21.3. The Morgan fingerprint density at radius 3 is 2.57 bits per heavy atom. The van der Waals surface area contributed by atoms with Gasteiger partial charge in [0.1, 0.15) is 11.4 Å². The van der Waals surface area contributed by atoms with Gasteiger partial charge in [0.25, 0.3) is 5.91 Å². The van der Waals surface area contributed by atoms with Gasteiger partial charge in [0.05, 0.1) is 12.2 Å². The molecule has 1 aromatic heterocycles. The second-order valence-corrected chi connectivity index (χ2v) is 8.54. The molecule has 2 heterocycles. The average Bonchev–Trinajstić information content (AvgIpc) is 3.16. The van der Waals surface area contributed by atoms with Gasteiger partial charge < -0.3 is 10.6 Å². The second kappa shape index (κ2) is 8.49. The molecule has 162 valence electrons. The molecule has 2 aromatic rings. The third-order valence-corrected chi connectivity index (χ3v) is 6.28. The zero-order valence-corrected chi connectivity index (χ0v) is 17.1. The van der Waals surface area contributed by atoms with Crippen LogP contribution in [-0.2, 0) is 0 Å². The summed E-state index contributed by atoms with van der Waals surface area (Å²) in [6, 6.07) is 4.26. The maximum atomic E-state index is 13.8. The maximum Gasteiger partial charge on any atom is 0.410 e. The van der Waals surface area contributed by atoms with Crippen molar-refractivity contribution in [2.75, 3.05) is 11.9 Å². The Morgan fingerprint density at radius 2 is 1.90 bits per heavy atom. The van der Waals surface area contributed by atoms with Gasteiger partial charge in [0.15, 0.2) is 6.04 Å². The van der Waals surface area contributed by atoms with Crippen molar-refractivity contribution in [1.82, 2.24) is 15.1 Å². The molecule has 0 spiro atoms. The van der Waals surface area contributed by atoms with E-state index in [-0.39, 0.29) is 17.8 Å². The van der Waals surface area contributed by atoms with Crippen molar-refractivity contribution in [3.63, 3.8) is 0 Å². The summed E-state index contributed by atoms with van der Waals surface area (Å²) in [5, 5.41) is 10.4. The molecule has 2 atom stereocenters. The summed E-state index contributed by atoms with van der Waals surface area (Å²) in [7, 11) is 0. The van der Waals surface area contributed by atoms with Crippen LogP contribution in [0.15, 0.2) is 30.5 Å². The van der Waals surface area contributed by atoms with Crippen LogP contribution < -0.4 is 10.6 Å². The second-order valence-electron chi connectivity index (χ2n) is 8.11. The smallest absolute Gasteiger partial charge is 0.363 e. The molecule has 0 radical (unpaired) electrons. The Labute approximate surface area is 178 Å². The van der Waals surface area contributed by atoms with E-state index in [0.29, 0.717) is 23.0 Å². The predicted molar refractivity (Wildman–Crippen MR) is 109 cm³/mol. The highest BCUT2D eigenvalue weighted by Crippen LogP contribution is 2.44. The van der Waals surface area contributed by atoms with Crippen LogP contribution in [0.5, 0.6) is 0 Å². The molecule has 1 aromatic carbocycles. The fourth-order valence-corrected chi connectivity index (χ4v) is 4.49. The van der Waals surface area contributed by atoms with Crippen LogP contribution >= 0.6 is 11.6 Å². The van der Waals surface area contributed by atoms with Crippen molar-refractivity contribution in [3.8, 4) is 0 Å². The molecule has 30 heavy (non-hydrogen) atoms. The summed E-state index contributed by atoms with van der Waals surface area (Å²) >= 11 is 5.91. The Balaban J connectivity index is 1.57. The van der Waals surface area contributed by atoms with Gasteiger partial charge in [-0.1, -0.05) is 43.0 Å². The van der Waals surface area contributed by atoms with Gasteiger partial charge in [0.2, 0.25) is 0 Å². The van der Waals surface area contributed by atoms with Crippen molar-refractivity contribution in [2.45, 2.75) is 56.8 Å². The van der Waals surface area contributed by atoms with Crippen LogP contribution in [0.25, 0.3) is 0 Å². The minimum atomic E-state index is -4.48. The molecular weight excluding hydrogens is 417 g/mol. The van der Waals surface area contributed by atoms with E-state index in [1.54, 1.807) is 24.3 Å². The average molecular weight is 441 g/mol. The summed E-state index contributed by atoms with van der Waals surface area (Å²) in [5.41, 5.74) is 0.813. The van der Waals surface area contributed by atoms with Gasteiger partial charge in [-0.3, -0.25) is 4.79 Å². The number of carbonyl (C=O) groups is 1. The lowest BCUT2D eigenvalue weighted by Crippen LogP contribution is -2.37. The molecule has 2 aliphatic rings. The van der Waals surface area contributed by atoms with Crippen LogP contribution in [0.3, 0.4) is 0 Å². The number of carbonyl (C=O) groups excluding carboxylic acids is 1. The molecule has 4 rings (SSSR count). The Morgan fingerprint density at radius 1 is 1.20 bits per heavy atom. The molecule has 5 nitrogen and oxygen atoms in total. The molecule has 1 saturated carbocycles. The van der Waals surface area contributed by atoms with E-state index >= 15 is 0 Å². The number of halogens is 4. The number of nitrogens with one attached hydrogen (secondary N) is 2. The van der Waals surface area contributed by atoms with Gasteiger partial charge in [-0.25, -0.2) is 4.68 Å². The highest BCUT2D eigenvalue weighted by molar-refractivity contribution is 6.30. The summed E-state index contributed by atoms with van der Waals surface area (Å²) in [6.07, 6.45) is 2.19. The first-order valence-electron chi connectivity index (χ1n) is 10.3. The van der Waals surface area contributed by atoms with E-state index in [0.717, 1.165) is 30.4 Å². The van der Waals surface area contributed by atoms with Crippen LogP contribution in [0.4, 0.5) is 19.0 Å². The van der Waals surface area contributed by atoms with Crippen LogP contribution in [0, 0.1) is 5.92 Å². The Kier molecular flexibility index (Phi) is 5.95. The number of hydrogen-bond donors (Lipinski definition) is 2. The summed E-state index contributed by atoms with van der Waals surface area (Å²) in [4.78, 5) is 12.8. The summed E-state index contributed by atoms with van der Waals surface area (Å²) in [6.45, 7) is 0.534. The van der Waals surface area contributed by atoms with Crippen molar-refractivity contribution in [2.24, 2.45) is 5.92 Å². The number of amides is 1. The number of anilines is 1. The fraction of sp³-hybridized carbons (Fsp3) is 0.524. The molecule has 2 unspecified atom stereocenters. The molecular formula is C21H24ClF3N4O. The fourth-order valence-electron chi connectivity index (χ4n) is 4.37. The summed E-state index contributed by atoms with van der Waals surface area (Å²) < 4.78 is 42.2. The summed E-state index contributed by atoms with van der Waals surface area (Å²) in [5.74, 6) is 0.128. The van der Waals surface area contributed by atoms with Crippen LogP contribution in [0.2, 0.25) is 5.02 Å². The van der Waals surface area contributed by atoms with Crippen LogP contribution in [-0.4, -0.2) is 28.4 Å². The first kappa shape index (κ1) is 21.0. The third kappa shape index (κ3) is 4.43. The topological polar surface area (TPSA) is 59.0 Å². The highest BCUT2D eigenvalue weighted by atomic mass is 35.5. The van der Waals surface area contributed by atoms with E-state index in [9.17, 15) is 18.0 Å². The number of alkyl halides is 3. The molecule has 0 bridgehead atoms. The number of fused-ring (bicyclic) bond motifs is 1. The van der Waals surface area contributed by atoms with Gasteiger partial charge in [-0.2, -0.15) is 18.3 Å². The zero-order valence-electron chi connectivity index (χ0n) is 16.4. The normalized spacial score (nSPS) is 22.3. The number of nitrogens with zero attached hydrogens (tertiary/aromatic N) is 2. The maximum absolute atomic E-state index is 13.8. The monoisotopic (exact) mass is 440 g/mol. The molecule has 9 heteroatoms. The lowest BCUT2D eigenvalue weighted by molar-refractivity contribution is -0.173. The number of rotatable bonds is 4. The van der Waals surface area contributed by atoms with Crippen molar-refractivity contribution in [3.05, 3.63) is 46.6 Å². The van der Waals surface area contributed by atoms with E-state index < -0.39 is 24.2 Å². The SMILES string of the molecule is O=C(NCC1CCCCC1)c1cnn2c1NC(c1ccc(Cl)cc1)CC2C(F)(F)F. The molecule has 1 fully saturated rings. The van der Waals surface area contributed by atoms with E-state index in [1.165, 1.54) is 12.6 Å². The molecule has 1 aliphatic heterocycles. The third-order valence-electron chi connectivity index (χ3n) is 6.03. The molecule has 0 saturated heterocycles. The minimum Gasteiger partial charge on any atom is -0.363 e. The van der Waals surface area contributed by atoms with Crippen molar-refractivity contribution >= 4 is 23.3 Å². The van der Waals surface area contributed by atoms with Gasteiger partial charge in [-0.15, -0.1) is 0 Å². The first-order valence-corrected chi connectivity index (χ1v) is 10.6.